The molecule has 2 heterocycles. The number of carbonyl (C=O) groups is 1. The summed E-state index contributed by atoms with van der Waals surface area (Å²) in [4.78, 5) is 16.2. The van der Waals surface area contributed by atoms with Crippen molar-refractivity contribution in [2.75, 3.05) is 5.32 Å². The van der Waals surface area contributed by atoms with Gasteiger partial charge in [-0.25, -0.2) is 9.67 Å². The summed E-state index contributed by atoms with van der Waals surface area (Å²) in [6.07, 6.45) is -3.29. The highest BCUT2D eigenvalue weighted by atomic mass is 79.9. The number of carbonyl (C=O) groups excluding carboxylic acids is 1. The van der Waals surface area contributed by atoms with Gasteiger partial charge in [0.15, 0.2) is 11.4 Å². The van der Waals surface area contributed by atoms with E-state index >= 15 is 0 Å². The first kappa shape index (κ1) is 19.4. The molecule has 0 aliphatic rings. The lowest BCUT2D eigenvalue weighted by atomic mass is 10.2. The molecule has 0 radical (unpaired) electrons. The topological polar surface area (TPSA) is 77.6 Å². The molecule has 3 aromatic rings. The van der Waals surface area contributed by atoms with E-state index in [1.807, 2.05) is 12.1 Å². The molecule has 0 unspecified atom stereocenters. The Balaban J connectivity index is 1.76. The summed E-state index contributed by atoms with van der Waals surface area (Å²) in [6.45, 7) is 0.314. The zero-order valence-corrected chi connectivity index (χ0v) is 16.0. The molecule has 0 spiro atoms. The third kappa shape index (κ3) is 4.14. The minimum absolute atomic E-state index is 0.0711. The normalized spacial score (nSPS) is 11.6. The van der Waals surface area contributed by atoms with Crippen LogP contribution in [0.3, 0.4) is 0 Å². The molecule has 27 heavy (non-hydrogen) atoms. The lowest BCUT2D eigenvalue weighted by Gasteiger charge is -2.06. The predicted molar refractivity (Wildman–Crippen MR) is 94.4 cm³/mol. The van der Waals surface area contributed by atoms with Gasteiger partial charge in [0, 0.05) is 12.1 Å². The van der Waals surface area contributed by atoms with E-state index in [0.717, 1.165) is 12.6 Å². The molecule has 0 aliphatic carbocycles. The summed E-state index contributed by atoms with van der Waals surface area (Å²) < 4.78 is 40.6. The summed E-state index contributed by atoms with van der Waals surface area (Å²) in [5.41, 5.74) is -0.693. The minimum atomic E-state index is -4.66. The number of nitrogens with zero attached hydrogens (tertiary/aromatic N) is 5. The fourth-order valence-electron chi connectivity index (χ4n) is 2.34. The van der Waals surface area contributed by atoms with Gasteiger partial charge in [-0.15, -0.1) is 5.10 Å². The van der Waals surface area contributed by atoms with E-state index in [1.165, 1.54) is 11.0 Å². The second-order valence-corrected chi connectivity index (χ2v) is 6.64. The second-order valence-electron chi connectivity index (χ2n) is 5.44. The molecular formula is C15H11BrClF3N6O. The Labute approximate surface area is 164 Å². The molecule has 142 valence electrons. The summed E-state index contributed by atoms with van der Waals surface area (Å²) in [5.74, 6) is -0.943. The number of nitrogens with one attached hydrogen (secondary N) is 1. The average molecular weight is 464 g/mol. The molecule has 1 amide bonds. The maximum absolute atomic E-state index is 13.0. The number of anilines is 1. The Kier molecular flexibility index (Phi) is 5.24. The molecular weight excluding hydrogens is 453 g/mol. The highest BCUT2D eigenvalue weighted by molar-refractivity contribution is 9.10. The Morgan fingerprint density at radius 1 is 1.30 bits per heavy atom. The Bertz CT molecular complexity index is 1000. The smallest absolute Gasteiger partial charge is 0.288 e. The van der Waals surface area contributed by atoms with Gasteiger partial charge >= 0.3 is 6.18 Å². The number of alkyl halides is 3. The first-order chi connectivity index (χ1) is 12.7. The van der Waals surface area contributed by atoms with E-state index < -0.39 is 27.9 Å². The first-order valence-electron chi connectivity index (χ1n) is 7.40. The van der Waals surface area contributed by atoms with Crippen LogP contribution in [-0.4, -0.2) is 30.5 Å². The van der Waals surface area contributed by atoms with E-state index in [0.29, 0.717) is 16.2 Å². The predicted octanol–water partition coefficient (Wildman–Crippen LogP) is 3.75. The average Bonchev–Trinajstić information content (AvgIpc) is 3.12. The molecule has 2 aromatic heterocycles. The van der Waals surface area contributed by atoms with Crippen molar-refractivity contribution in [1.29, 1.82) is 0 Å². The number of amides is 1. The number of aryl methyl sites for hydroxylation is 1. The van der Waals surface area contributed by atoms with Crippen LogP contribution >= 0.6 is 27.5 Å². The molecule has 0 atom stereocenters. The van der Waals surface area contributed by atoms with Crippen molar-refractivity contribution in [3.63, 3.8) is 0 Å². The third-order valence-electron chi connectivity index (χ3n) is 3.52. The highest BCUT2D eigenvalue weighted by Gasteiger charge is 2.39. The van der Waals surface area contributed by atoms with Gasteiger partial charge in [-0.05, 0) is 27.6 Å². The van der Waals surface area contributed by atoms with Crippen LogP contribution in [0.5, 0.6) is 0 Å². The molecule has 7 nitrogen and oxygen atoms in total. The summed E-state index contributed by atoms with van der Waals surface area (Å²) in [5, 5.41) is 10.6. The zero-order chi connectivity index (χ0) is 19.8. The standard InChI is InChI=1S/C15H11BrClF3N6O/c1-25-12(15(18,19)20)10(16)11(23-25)13(27)22-14-21-7-26(24-14)6-8-4-2-3-5-9(8)17/h2-5,7H,6H2,1H3,(H,22,24,27). The second kappa shape index (κ2) is 7.31. The minimum Gasteiger partial charge on any atom is -0.288 e. The number of hydrogen-bond acceptors (Lipinski definition) is 4. The van der Waals surface area contributed by atoms with E-state index in [-0.39, 0.29) is 5.95 Å². The number of aromatic nitrogens is 5. The maximum Gasteiger partial charge on any atom is 0.434 e. The molecule has 0 bridgehead atoms. The van der Waals surface area contributed by atoms with Gasteiger partial charge in [0.05, 0.1) is 11.0 Å². The number of hydrogen-bond donors (Lipinski definition) is 1. The lowest BCUT2D eigenvalue weighted by Crippen LogP contribution is -2.15. The zero-order valence-electron chi connectivity index (χ0n) is 13.6. The van der Waals surface area contributed by atoms with Crippen LogP contribution in [0, 0.1) is 0 Å². The van der Waals surface area contributed by atoms with Crippen molar-refractivity contribution in [3.05, 3.63) is 57.0 Å². The molecule has 0 saturated heterocycles. The van der Waals surface area contributed by atoms with E-state index in [2.05, 4.69) is 36.4 Å². The van der Waals surface area contributed by atoms with Crippen LogP contribution in [-0.2, 0) is 19.8 Å². The molecule has 1 aromatic carbocycles. The van der Waals surface area contributed by atoms with E-state index in [4.69, 9.17) is 11.6 Å². The summed E-state index contributed by atoms with van der Waals surface area (Å²) >= 11 is 8.86. The maximum atomic E-state index is 13.0. The van der Waals surface area contributed by atoms with Crippen molar-refractivity contribution in [2.24, 2.45) is 7.05 Å². The monoisotopic (exact) mass is 462 g/mol. The SMILES string of the molecule is Cn1nc(C(=O)Nc2ncn(Cc3ccccc3Cl)n2)c(Br)c1C(F)(F)F. The van der Waals surface area contributed by atoms with Crippen LogP contribution in [0.2, 0.25) is 5.02 Å². The van der Waals surface area contributed by atoms with Crippen LogP contribution in [0.15, 0.2) is 35.1 Å². The molecule has 3 rings (SSSR count). The van der Waals surface area contributed by atoms with Crippen molar-refractivity contribution in [1.82, 2.24) is 24.5 Å². The number of benzene rings is 1. The van der Waals surface area contributed by atoms with Crippen molar-refractivity contribution >= 4 is 39.4 Å². The third-order valence-corrected chi connectivity index (χ3v) is 4.64. The van der Waals surface area contributed by atoms with Crippen LogP contribution < -0.4 is 5.32 Å². The van der Waals surface area contributed by atoms with Gasteiger partial charge in [0.25, 0.3) is 5.91 Å². The molecule has 1 N–H and O–H groups in total. The number of rotatable bonds is 4. The largest absolute Gasteiger partial charge is 0.434 e. The lowest BCUT2D eigenvalue weighted by molar-refractivity contribution is -0.144. The fraction of sp³-hybridized carbons (Fsp3) is 0.200. The Hall–Kier alpha value is -2.40. The van der Waals surface area contributed by atoms with Crippen LogP contribution in [0.1, 0.15) is 21.7 Å². The Morgan fingerprint density at radius 2 is 2.00 bits per heavy atom. The van der Waals surface area contributed by atoms with E-state index in [9.17, 15) is 18.0 Å². The van der Waals surface area contributed by atoms with Gasteiger partial charge < -0.3 is 0 Å². The Morgan fingerprint density at radius 3 is 2.63 bits per heavy atom. The molecule has 0 fully saturated rings. The van der Waals surface area contributed by atoms with Crippen molar-refractivity contribution < 1.29 is 18.0 Å². The van der Waals surface area contributed by atoms with Gasteiger partial charge in [-0.2, -0.15) is 18.3 Å². The van der Waals surface area contributed by atoms with Gasteiger partial charge in [0.1, 0.15) is 6.33 Å². The summed E-state index contributed by atoms with van der Waals surface area (Å²) in [7, 11) is 1.10. The van der Waals surface area contributed by atoms with Crippen molar-refractivity contribution in [2.45, 2.75) is 12.7 Å². The van der Waals surface area contributed by atoms with Crippen LogP contribution in [0.25, 0.3) is 0 Å². The number of halogens is 5. The van der Waals surface area contributed by atoms with E-state index in [1.54, 1.807) is 12.1 Å². The molecule has 0 saturated carbocycles. The molecule has 0 aliphatic heterocycles. The van der Waals surface area contributed by atoms with Gasteiger partial charge in [-0.3, -0.25) is 14.8 Å². The summed E-state index contributed by atoms with van der Waals surface area (Å²) in [6, 6.07) is 7.15. The van der Waals surface area contributed by atoms with Gasteiger partial charge in [-0.1, -0.05) is 29.8 Å². The van der Waals surface area contributed by atoms with Crippen molar-refractivity contribution in [3.8, 4) is 0 Å². The fourth-order valence-corrected chi connectivity index (χ4v) is 3.28. The first-order valence-corrected chi connectivity index (χ1v) is 8.58. The van der Waals surface area contributed by atoms with Crippen LogP contribution in [0.4, 0.5) is 19.1 Å². The quantitative estimate of drug-likeness (QED) is 0.639. The molecule has 12 heteroatoms. The van der Waals surface area contributed by atoms with Gasteiger partial charge in [0.2, 0.25) is 5.95 Å². The highest BCUT2D eigenvalue weighted by Crippen LogP contribution is 2.36.